The highest BCUT2D eigenvalue weighted by atomic mass is 16.5. The van der Waals surface area contributed by atoms with E-state index in [0.29, 0.717) is 29.4 Å². The maximum atomic E-state index is 12.2. The van der Waals surface area contributed by atoms with Crippen molar-refractivity contribution in [3.05, 3.63) is 53.6 Å². The third-order valence-corrected chi connectivity index (χ3v) is 4.04. The smallest absolute Gasteiger partial charge is 0.258 e. The summed E-state index contributed by atoms with van der Waals surface area (Å²) in [6.07, 6.45) is 0.905. The molecule has 2 rings (SSSR count). The van der Waals surface area contributed by atoms with E-state index in [9.17, 15) is 9.59 Å². The number of carbonyl (C=O) groups excluding carboxylic acids is 2. The second kappa shape index (κ2) is 10.2. The zero-order valence-electron chi connectivity index (χ0n) is 16.4. The van der Waals surface area contributed by atoms with E-state index in [0.717, 1.165) is 12.0 Å². The fourth-order valence-corrected chi connectivity index (χ4v) is 2.52. The summed E-state index contributed by atoms with van der Waals surface area (Å²) in [5.41, 5.74) is 6.46. The summed E-state index contributed by atoms with van der Waals surface area (Å²) in [7, 11) is 1.58. The number of nitrogens with two attached hydrogens (primary N) is 1. The zero-order chi connectivity index (χ0) is 20.5. The topological polar surface area (TPSA) is 99.9 Å². The van der Waals surface area contributed by atoms with E-state index < -0.39 is 5.91 Å². The van der Waals surface area contributed by atoms with Crippen LogP contribution in [0, 0.1) is 0 Å². The number of hydrogen-bond acceptors (Lipinski definition) is 5. The highest BCUT2D eigenvalue weighted by Gasteiger charge is 2.13. The van der Waals surface area contributed by atoms with Gasteiger partial charge in [-0.3, -0.25) is 9.59 Å². The Kier molecular flexibility index (Phi) is 7.68. The van der Waals surface area contributed by atoms with Crippen molar-refractivity contribution in [2.45, 2.75) is 26.3 Å². The lowest BCUT2D eigenvalue weighted by atomic mass is 10.1. The minimum Gasteiger partial charge on any atom is -0.493 e. The Hall–Kier alpha value is -3.22. The van der Waals surface area contributed by atoms with Crippen molar-refractivity contribution < 1.29 is 23.8 Å². The summed E-state index contributed by atoms with van der Waals surface area (Å²) in [5, 5.41) is 2.88. The van der Waals surface area contributed by atoms with Gasteiger partial charge in [-0.25, -0.2) is 0 Å². The summed E-state index contributed by atoms with van der Waals surface area (Å²) in [6, 6.07) is 11.6. The average Bonchev–Trinajstić information content (AvgIpc) is 2.70. The molecule has 0 aliphatic heterocycles. The minimum atomic E-state index is -0.514. The SMILES string of the molecule is CCCOc1ccc(C(C)NC(=O)COc2ccc(C(N)=O)cc2)cc1OC. The molecule has 0 spiro atoms. The van der Waals surface area contributed by atoms with Gasteiger partial charge in [0.1, 0.15) is 5.75 Å². The van der Waals surface area contributed by atoms with E-state index >= 15 is 0 Å². The molecule has 3 N–H and O–H groups in total. The second-order valence-electron chi connectivity index (χ2n) is 6.23. The monoisotopic (exact) mass is 386 g/mol. The second-order valence-corrected chi connectivity index (χ2v) is 6.23. The van der Waals surface area contributed by atoms with Crippen LogP contribution >= 0.6 is 0 Å². The van der Waals surface area contributed by atoms with Gasteiger partial charge in [0.15, 0.2) is 18.1 Å². The fraction of sp³-hybridized carbons (Fsp3) is 0.333. The van der Waals surface area contributed by atoms with Crippen molar-refractivity contribution >= 4 is 11.8 Å². The van der Waals surface area contributed by atoms with Crippen molar-refractivity contribution in [3.63, 3.8) is 0 Å². The largest absolute Gasteiger partial charge is 0.493 e. The number of carbonyl (C=O) groups is 2. The third-order valence-electron chi connectivity index (χ3n) is 4.04. The van der Waals surface area contributed by atoms with E-state index in [4.69, 9.17) is 19.9 Å². The number of amides is 2. The standard InChI is InChI=1S/C21H26N2O5/c1-4-11-27-18-10-7-16(12-19(18)26-3)14(2)23-20(24)13-28-17-8-5-15(6-9-17)21(22)25/h5-10,12,14H,4,11,13H2,1-3H3,(H2,22,25)(H,23,24). The Morgan fingerprint density at radius 3 is 2.39 bits per heavy atom. The van der Waals surface area contributed by atoms with E-state index in [1.807, 2.05) is 32.0 Å². The Morgan fingerprint density at radius 1 is 1.07 bits per heavy atom. The summed E-state index contributed by atoms with van der Waals surface area (Å²) in [6.45, 7) is 4.38. The van der Waals surface area contributed by atoms with E-state index in [2.05, 4.69) is 5.32 Å². The summed E-state index contributed by atoms with van der Waals surface area (Å²) >= 11 is 0. The number of rotatable bonds is 10. The normalized spacial score (nSPS) is 11.4. The number of ether oxygens (including phenoxy) is 3. The molecule has 0 saturated heterocycles. The number of nitrogens with one attached hydrogen (secondary N) is 1. The summed E-state index contributed by atoms with van der Waals surface area (Å²) in [5.74, 6) is 0.996. The van der Waals surface area contributed by atoms with Gasteiger partial charge < -0.3 is 25.3 Å². The first-order chi connectivity index (χ1) is 13.4. The molecule has 7 nitrogen and oxygen atoms in total. The lowest BCUT2D eigenvalue weighted by Crippen LogP contribution is -2.31. The molecule has 2 aromatic rings. The van der Waals surface area contributed by atoms with Gasteiger partial charge in [0.2, 0.25) is 5.91 Å². The van der Waals surface area contributed by atoms with Gasteiger partial charge in [-0.05, 0) is 55.3 Å². The number of methoxy groups -OCH3 is 1. The molecular weight excluding hydrogens is 360 g/mol. The molecule has 1 unspecified atom stereocenters. The zero-order valence-corrected chi connectivity index (χ0v) is 16.4. The van der Waals surface area contributed by atoms with Crippen molar-refractivity contribution in [3.8, 4) is 17.2 Å². The maximum absolute atomic E-state index is 12.2. The fourth-order valence-electron chi connectivity index (χ4n) is 2.52. The van der Waals surface area contributed by atoms with Crippen LogP contribution in [0.2, 0.25) is 0 Å². The lowest BCUT2D eigenvalue weighted by Gasteiger charge is -2.17. The van der Waals surface area contributed by atoms with Gasteiger partial charge in [0, 0.05) is 5.56 Å². The molecule has 150 valence electrons. The predicted octanol–water partition coefficient (Wildman–Crippen LogP) is 2.84. The van der Waals surface area contributed by atoms with Gasteiger partial charge in [0.05, 0.1) is 19.8 Å². The first-order valence-electron chi connectivity index (χ1n) is 9.07. The number of benzene rings is 2. The molecule has 0 fully saturated rings. The Bertz CT molecular complexity index is 805. The highest BCUT2D eigenvalue weighted by Crippen LogP contribution is 2.30. The van der Waals surface area contributed by atoms with Gasteiger partial charge in [-0.15, -0.1) is 0 Å². The van der Waals surface area contributed by atoms with Crippen LogP contribution in [0.15, 0.2) is 42.5 Å². The van der Waals surface area contributed by atoms with Gasteiger partial charge in [-0.2, -0.15) is 0 Å². The minimum absolute atomic E-state index is 0.144. The molecule has 0 aliphatic rings. The molecule has 0 aliphatic carbocycles. The van der Waals surface area contributed by atoms with Crippen LogP contribution in [0.25, 0.3) is 0 Å². The highest BCUT2D eigenvalue weighted by molar-refractivity contribution is 5.92. The van der Waals surface area contributed by atoms with Crippen molar-refractivity contribution in [2.24, 2.45) is 5.73 Å². The molecule has 7 heteroatoms. The molecule has 1 atom stereocenters. The lowest BCUT2D eigenvalue weighted by molar-refractivity contribution is -0.123. The summed E-state index contributed by atoms with van der Waals surface area (Å²) in [4.78, 5) is 23.2. The van der Waals surface area contributed by atoms with Crippen molar-refractivity contribution in [2.75, 3.05) is 20.3 Å². The average molecular weight is 386 g/mol. The van der Waals surface area contributed by atoms with Crippen molar-refractivity contribution in [1.29, 1.82) is 0 Å². The molecule has 0 aromatic heterocycles. The molecule has 0 radical (unpaired) electrons. The van der Waals surface area contributed by atoms with E-state index in [1.54, 1.807) is 31.4 Å². The van der Waals surface area contributed by atoms with Gasteiger partial charge in [-0.1, -0.05) is 13.0 Å². The quantitative estimate of drug-likeness (QED) is 0.654. The van der Waals surface area contributed by atoms with Crippen LogP contribution in [0.5, 0.6) is 17.2 Å². The van der Waals surface area contributed by atoms with Crippen LogP contribution in [-0.2, 0) is 4.79 Å². The Labute approximate surface area is 164 Å². The van der Waals surface area contributed by atoms with Crippen LogP contribution in [0.4, 0.5) is 0 Å². The molecule has 0 bridgehead atoms. The van der Waals surface area contributed by atoms with Crippen molar-refractivity contribution in [1.82, 2.24) is 5.32 Å². The van der Waals surface area contributed by atoms with Gasteiger partial charge >= 0.3 is 0 Å². The van der Waals surface area contributed by atoms with Crippen LogP contribution in [0.1, 0.15) is 42.2 Å². The Morgan fingerprint density at radius 2 is 1.79 bits per heavy atom. The third kappa shape index (κ3) is 5.90. The Balaban J connectivity index is 1.91. The number of hydrogen-bond donors (Lipinski definition) is 2. The van der Waals surface area contributed by atoms with Crippen LogP contribution in [0.3, 0.4) is 0 Å². The molecule has 2 amide bonds. The number of primary amides is 1. The van der Waals surface area contributed by atoms with E-state index in [1.165, 1.54) is 0 Å². The first kappa shape index (κ1) is 21.1. The van der Waals surface area contributed by atoms with Gasteiger partial charge in [0.25, 0.3) is 5.91 Å². The predicted molar refractivity (Wildman–Crippen MR) is 106 cm³/mol. The molecule has 2 aromatic carbocycles. The molecule has 0 heterocycles. The maximum Gasteiger partial charge on any atom is 0.258 e. The van der Waals surface area contributed by atoms with Crippen LogP contribution < -0.4 is 25.3 Å². The van der Waals surface area contributed by atoms with Crippen LogP contribution in [-0.4, -0.2) is 32.1 Å². The summed E-state index contributed by atoms with van der Waals surface area (Å²) < 4.78 is 16.5. The molecular formula is C21H26N2O5. The molecule has 0 saturated carbocycles. The van der Waals surface area contributed by atoms with E-state index in [-0.39, 0.29) is 18.6 Å². The first-order valence-corrected chi connectivity index (χ1v) is 9.07. The molecule has 28 heavy (non-hydrogen) atoms.